The van der Waals surface area contributed by atoms with Crippen LogP contribution >= 0.6 is 11.6 Å². The zero-order valence-electron chi connectivity index (χ0n) is 13.2. The van der Waals surface area contributed by atoms with Gasteiger partial charge in [0.2, 0.25) is 0 Å². The van der Waals surface area contributed by atoms with Crippen molar-refractivity contribution in [1.29, 1.82) is 0 Å². The fourth-order valence-electron chi connectivity index (χ4n) is 2.64. The predicted molar refractivity (Wildman–Crippen MR) is 90.0 cm³/mol. The number of hydrogen-bond acceptors (Lipinski definition) is 4. The molecule has 5 nitrogen and oxygen atoms in total. The summed E-state index contributed by atoms with van der Waals surface area (Å²) in [6.07, 6.45) is 1.36. The number of hydrogen-bond donors (Lipinski definition) is 0. The Hall–Kier alpha value is -1.11. The molecular weight excluding hydrogens is 322 g/mol. The van der Waals surface area contributed by atoms with E-state index >= 15 is 0 Å². The van der Waals surface area contributed by atoms with Gasteiger partial charge in [0.05, 0.1) is 24.5 Å². The smallest absolute Gasteiger partial charge is 0.266 e. The molecule has 0 radical (unpaired) electrons. The van der Waals surface area contributed by atoms with Crippen LogP contribution in [0.5, 0.6) is 0 Å². The molecule has 0 bridgehead atoms. The Morgan fingerprint density at radius 1 is 1.36 bits per heavy atom. The van der Waals surface area contributed by atoms with Crippen LogP contribution in [-0.4, -0.2) is 50.1 Å². The molecule has 0 aromatic heterocycles. The summed E-state index contributed by atoms with van der Waals surface area (Å²) in [5.41, 5.74) is 1.02. The summed E-state index contributed by atoms with van der Waals surface area (Å²) < 4.78 is 26.3. The largest absolute Gasteiger partial charge is 0.297 e. The number of halogens is 1. The van der Waals surface area contributed by atoms with E-state index in [2.05, 4.69) is 30.7 Å². The second-order valence-corrected chi connectivity index (χ2v) is 7.49. The van der Waals surface area contributed by atoms with Crippen molar-refractivity contribution >= 4 is 28.0 Å². The monoisotopic (exact) mass is 343 g/mol. The molecule has 0 N–H and O–H groups in total. The summed E-state index contributed by atoms with van der Waals surface area (Å²) in [6, 6.07) is 5.39. The molecule has 0 saturated carbocycles. The maximum atomic E-state index is 12.5. The van der Waals surface area contributed by atoms with Crippen molar-refractivity contribution in [3.63, 3.8) is 0 Å². The average molecular weight is 344 g/mol. The topological polar surface area (TPSA) is 53.0 Å². The second-order valence-electron chi connectivity index (χ2n) is 5.22. The lowest BCUT2D eigenvalue weighted by molar-refractivity contribution is 0.234. The van der Waals surface area contributed by atoms with E-state index < -0.39 is 10.0 Å². The van der Waals surface area contributed by atoms with E-state index in [4.69, 9.17) is 11.6 Å². The van der Waals surface area contributed by atoms with Gasteiger partial charge in [0, 0.05) is 6.04 Å². The fourth-order valence-corrected chi connectivity index (χ4v) is 4.43. The summed E-state index contributed by atoms with van der Waals surface area (Å²) in [4.78, 5) is 6.37. The Bertz CT molecular complexity index is 657. The molecule has 0 fully saturated rings. The molecule has 122 valence electrons. The van der Waals surface area contributed by atoms with Gasteiger partial charge in [-0.05, 0) is 37.7 Å². The number of sulfonamides is 1. The first-order valence-electron chi connectivity index (χ1n) is 7.47. The van der Waals surface area contributed by atoms with Crippen LogP contribution in [0.2, 0.25) is 5.02 Å². The van der Waals surface area contributed by atoms with Crippen LogP contribution in [0.1, 0.15) is 32.4 Å². The van der Waals surface area contributed by atoms with Gasteiger partial charge in [0.1, 0.15) is 4.90 Å². The van der Waals surface area contributed by atoms with Gasteiger partial charge in [0.25, 0.3) is 10.0 Å². The van der Waals surface area contributed by atoms with Gasteiger partial charge in [-0.25, -0.2) is 8.42 Å². The molecule has 1 aliphatic heterocycles. The molecule has 7 heteroatoms. The fraction of sp³-hybridized carbons (Fsp3) is 0.533. The molecule has 0 saturated heterocycles. The Morgan fingerprint density at radius 2 is 2.05 bits per heavy atom. The third-order valence-electron chi connectivity index (χ3n) is 4.04. The quantitative estimate of drug-likeness (QED) is 0.798. The second kappa shape index (κ2) is 6.98. The zero-order chi connectivity index (χ0) is 16.3. The van der Waals surface area contributed by atoms with Crippen LogP contribution in [-0.2, 0) is 10.0 Å². The summed E-state index contributed by atoms with van der Waals surface area (Å²) >= 11 is 6.26. The normalized spacial score (nSPS) is 16.5. The molecule has 22 heavy (non-hydrogen) atoms. The van der Waals surface area contributed by atoms with Crippen LogP contribution in [0.15, 0.2) is 28.1 Å². The zero-order valence-corrected chi connectivity index (χ0v) is 14.7. The number of aliphatic imine (C=N–C) groups is 1. The van der Waals surface area contributed by atoms with Gasteiger partial charge in [-0.1, -0.05) is 31.5 Å². The summed E-state index contributed by atoms with van der Waals surface area (Å²) in [6.45, 7) is 9.03. The van der Waals surface area contributed by atoms with Gasteiger partial charge in [-0.3, -0.25) is 14.2 Å². The van der Waals surface area contributed by atoms with Crippen LogP contribution in [0, 0.1) is 0 Å². The molecule has 1 aliphatic rings. The number of rotatable bonds is 6. The van der Waals surface area contributed by atoms with Crippen molar-refractivity contribution < 1.29 is 8.42 Å². The van der Waals surface area contributed by atoms with E-state index in [9.17, 15) is 8.42 Å². The van der Waals surface area contributed by atoms with E-state index in [1.54, 1.807) is 12.1 Å². The lowest BCUT2D eigenvalue weighted by Gasteiger charge is -2.27. The SMILES string of the molecule is CCN(CC)C(C)c1ccc(S(=O)(=O)N2C=NCC2)c(Cl)c1. The van der Waals surface area contributed by atoms with Crippen molar-refractivity contribution in [3.05, 3.63) is 28.8 Å². The molecule has 0 spiro atoms. The van der Waals surface area contributed by atoms with Crippen molar-refractivity contribution in [1.82, 2.24) is 9.21 Å². The van der Waals surface area contributed by atoms with Gasteiger partial charge in [0.15, 0.2) is 0 Å². The highest BCUT2D eigenvalue weighted by Crippen LogP contribution is 2.29. The van der Waals surface area contributed by atoms with E-state index in [-0.39, 0.29) is 16.0 Å². The van der Waals surface area contributed by atoms with Crippen LogP contribution in [0.25, 0.3) is 0 Å². The lowest BCUT2D eigenvalue weighted by Crippen LogP contribution is -2.29. The highest BCUT2D eigenvalue weighted by atomic mass is 35.5. The maximum Gasteiger partial charge on any atom is 0.266 e. The van der Waals surface area contributed by atoms with E-state index in [0.29, 0.717) is 13.1 Å². The van der Waals surface area contributed by atoms with Crippen LogP contribution in [0.3, 0.4) is 0 Å². The van der Waals surface area contributed by atoms with E-state index in [0.717, 1.165) is 18.7 Å². The summed E-state index contributed by atoms with van der Waals surface area (Å²) in [5.74, 6) is 0. The van der Waals surface area contributed by atoms with Crippen molar-refractivity contribution in [2.75, 3.05) is 26.2 Å². The maximum absolute atomic E-state index is 12.5. The van der Waals surface area contributed by atoms with Gasteiger partial charge >= 0.3 is 0 Å². The lowest BCUT2D eigenvalue weighted by atomic mass is 10.1. The summed E-state index contributed by atoms with van der Waals surface area (Å²) in [7, 11) is -3.60. The van der Waals surface area contributed by atoms with Crippen LogP contribution < -0.4 is 0 Å². The third kappa shape index (κ3) is 3.29. The van der Waals surface area contributed by atoms with Crippen molar-refractivity contribution in [2.24, 2.45) is 4.99 Å². The highest BCUT2D eigenvalue weighted by molar-refractivity contribution is 7.89. The standard InChI is InChI=1S/C15H22ClN3O2S/c1-4-18(5-2)12(3)13-6-7-15(14(16)10-13)22(20,21)19-9-8-17-11-19/h6-7,10-12H,4-5,8-9H2,1-3H3. The van der Waals surface area contributed by atoms with Crippen LogP contribution in [0.4, 0.5) is 0 Å². The number of benzene rings is 1. The number of nitrogens with zero attached hydrogens (tertiary/aromatic N) is 3. The predicted octanol–water partition coefficient (Wildman–Crippen LogP) is 2.78. The van der Waals surface area contributed by atoms with E-state index in [1.165, 1.54) is 10.6 Å². The van der Waals surface area contributed by atoms with Gasteiger partial charge < -0.3 is 0 Å². The Labute approximate surface area is 137 Å². The molecule has 0 aliphatic carbocycles. The molecular formula is C15H22ClN3O2S. The molecule has 2 rings (SSSR count). The Balaban J connectivity index is 2.32. The first-order valence-corrected chi connectivity index (χ1v) is 9.28. The van der Waals surface area contributed by atoms with Gasteiger partial charge in [-0.15, -0.1) is 0 Å². The van der Waals surface area contributed by atoms with Gasteiger partial charge in [-0.2, -0.15) is 0 Å². The molecule has 1 heterocycles. The first-order chi connectivity index (χ1) is 10.4. The minimum absolute atomic E-state index is 0.137. The highest BCUT2D eigenvalue weighted by Gasteiger charge is 2.27. The minimum Gasteiger partial charge on any atom is -0.297 e. The minimum atomic E-state index is -3.60. The first kappa shape index (κ1) is 17.2. The average Bonchev–Trinajstić information content (AvgIpc) is 3.03. The molecule has 1 aromatic carbocycles. The summed E-state index contributed by atoms with van der Waals surface area (Å²) in [5, 5.41) is 0.261. The molecule has 0 amide bonds. The molecule has 1 unspecified atom stereocenters. The van der Waals surface area contributed by atoms with E-state index in [1.807, 2.05) is 6.07 Å². The Morgan fingerprint density at radius 3 is 2.55 bits per heavy atom. The molecule has 1 atom stereocenters. The third-order valence-corrected chi connectivity index (χ3v) is 6.28. The van der Waals surface area contributed by atoms with Crippen molar-refractivity contribution in [3.8, 4) is 0 Å². The van der Waals surface area contributed by atoms with Crippen molar-refractivity contribution in [2.45, 2.75) is 31.7 Å². The molecule has 1 aromatic rings. The Kier molecular flexibility index (Phi) is 5.47.